The second kappa shape index (κ2) is 6.50. The third-order valence-electron chi connectivity index (χ3n) is 3.74. The van der Waals surface area contributed by atoms with Gasteiger partial charge in [-0.3, -0.25) is 4.98 Å². The van der Waals surface area contributed by atoms with Crippen LogP contribution in [-0.2, 0) is 0 Å². The molecule has 0 fully saturated rings. The predicted molar refractivity (Wildman–Crippen MR) is 87.0 cm³/mol. The molecule has 0 aliphatic carbocycles. The maximum Gasteiger partial charge on any atom is 0.133 e. The average molecular weight is 300 g/mol. The zero-order chi connectivity index (χ0) is 14.7. The molecule has 0 saturated heterocycles. The fourth-order valence-electron chi connectivity index (χ4n) is 2.66. The lowest BCUT2D eigenvalue weighted by molar-refractivity contribution is 0.167. The van der Waals surface area contributed by atoms with Crippen LogP contribution in [0, 0.1) is 6.92 Å². The maximum atomic E-state index is 6.24. The van der Waals surface area contributed by atoms with Crippen molar-refractivity contribution in [1.82, 2.24) is 10.3 Å². The largest absolute Gasteiger partial charge is 0.486 e. The Bertz CT molecular complexity index is 617. The molecule has 3 rings (SSSR count). The molecule has 1 aromatic heterocycles. The molecule has 2 unspecified atom stereocenters. The van der Waals surface area contributed by atoms with Crippen molar-refractivity contribution < 1.29 is 4.74 Å². The van der Waals surface area contributed by atoms with E-state index in [4.69, 9.17) is 4.74 Å². The van der Waals surface area contributed by atoms with Gasteiger partial charge in [0.15, 0.2) is 0 Å². The Kier molecular flexibility index (Phi) is 4.46. The zero-order valence-electron chi connectivity index (χ0n) is 12.4. The summed E-state index contributed by atoms with van der Waals surface area (Å²) >= 11 is 1.87. The van der Waals surface area contributed by atoms with Crippen molar-refractivity contribution in [2.24, 2.45) is 0 Å². The summed E-state index contributed by atoms with van der Waals surface area (Å²) in [5.41, 5.74) is 2.48. The molecule has 0 saturated carbocycles. The van der Waals surface area contributed by atoms with E-state index in [0.717, 1.165) is 18.0 Å². The molecule has 2 aromatic rings. The number of aryl methyl sites for hydroxylation is 1. The van der Waals surface area contributed by atoms with Crippen molar-refractivity contribution in [3.05, 3.63) is 53.9 Å². The molecule has 1 N–H and O–H groups in total. The van der Waals surface area contributed by atoms with Crippen molar-refractivity contribution in [1.29, 1.82) is 0 Å². The van der Waals surface area contributed by atoms with Crippen LogP contribution in [0.25, 0.3) is 0 Å². The number of rotatable bonds is 4. The van der Waals surface area contributed by atoms with Crippen LogP contribution in [0.1, 0.15) is 24.1 Å². The van der Waals surface area contributed by atoms with Gasteiger partial charge in [-0.15, -0.1) is 11.8 Å². The van der Waals surface area contributed by atoms with Crippen LogP contribution in [0.2, 0.25) is 0 Å². The molecule has 4 heteroatoms. The number of nitrogens with zero attached hydrogens (tertiary/aromatic N) is 1. The highest BCUT2D eigenvalue weighted by Gasteiger charge is 2.29. The van der Waals surface area contributed by atoms with Crippen LogP contribution in [0.4, 0.5) is 0 Å². The van der Waals surface area contributed by atoms with E-state index in [9.17, 15) is 0 Å². The predicted octanol–water partition coefficient (Wildman–Crippen LogP) is 3.59. The molecule has 2 heterocycles. The Labute approximate surface area is 130 Å². The Hall–Kier alpha value is -1.52. The number of hydrogen-bond acceptors (Lipinski definition) is 4. The Balaban J connectivity index is 1.88. The van der Waals surface area contributed by atoms with E-state index in [0.29, 0.717) is 0 Å². The van der Waals surface area contributed by atoms with Crippen LogP contribution in [-0.4, -0.2) is 23.4 Å². The fraction of sp³-hybridized carbons (Fsp3) is 0.353. The Morgan fingerprint density at radius 2 is 2.24 bits per heavy atom. The first-order valence-corrected chi connectivity index (χ1v) is 8.30. The van der Waals surface area contributed by atoms with Gasteiger partial charge in [-0.1, -0.05) is 19.1 Å². The number of thioether (sulfide) groups is 1. The zero-order valence-corrected chi connectivity index (χ0v) is 13.2. The lowest BCUT2D eigenvalue weighted by Gasteiger charge is -2.33. The number of benzene rings is 1. The van der Waals surface area contributed by atoms with Crippen molar-refractivity contribution in [2.75, 3.05) is 12.3 Å². The molecule has 0 amide bonds. The molecule has 1 aliphatic rings. The van der Waals surface area contributed by atoms with E-state index in [1.54, 1.807) is 0 Å². The molecular weight excluding hydrogens is 280 g/mol. The molecule has 0 radical (unpaired) electrons. The lowest BCUT2D eigenvalue weighted by atomic mass is 9.99. The molecule has 2 atom stereocenters. The molecule has 0 bridgehead atoms. The van der Waals surface area contributed by atoms with Gasteiger partial charge in [-0.2, -0.15) is 0 Å². The van der Waals surface area contributed by atoms with Crippen LogP contribution in [0.5, 0.6) is 5.75 Å². The summed E-state index contributed by atoms with van der Waals surface area (Å²) in [7, 11) is 0. The highest BCUT2D eigenvalue weighted by Crippen LogP contribution is 2.38. The van der Waals surface area contributed by atoms with E-state index in [1.165, 1.54) is 16.0 Å². The van der Waals surface area contributed by atoms with E-state index in [-0.39, 0.29) is 12.1 Å². The first-order chi connectivity index (χ1) is 10.3. The van der Waals surface area contributed by atoms with E-state index >= 15 is 0 Å². The average Bonchev–Trinajstić information content (AvgIpc) is 2.53. The van der Waals surface area contributed by atoms with E-state index < -0.39 is 0 Å². The third kappa shape index (κ3) is 3.06. The number of aromatic nitrogens is 1. The first-order valence-electron chi connectivity index (χ1n) is 7.32. The van der Waals surface area contributed by atoms with Gasteiger partial charge in [-0.05, 0) is 42.8 Å². The van der Waals surface area contributed by atoms with Gasteiger partial charge in [0.25, 0.3) is 0 Å². The summed E-state index contributed by atoms with van der Waals surface area (Å²) in [6.07, 6.45) is 3.91. The highest BCUT2D eigenvalue weighted by molar-refractivity contribution is 7.99. The Morgan fingerprint density at radius 3 is 3.05 bits per heavy atom. The van der Waals surface area contributed by atoms with Crippen LogP contribution in [0.3, 0.4) is 0 Å². The van der Waals surface area contributed by atoms with Crippen molar-refractivity contribution in [3.63, 3.8) is 0 Å². The molecule has 1 aliphatic heterocycles. The van der Waals surface area contributed by atoms with Gasteiger partial charge < -0.3 is 10.1 Å². The third-order valence-corrected chi connectivity index (χ3v) is 4.88. The molecule has 0 spiro atoms. The second-order valence-electron chi connectivity index (χ2n) is 5.18. The van der Waals surface area contributed by atoms with Gasteiger partial charge >= 0.3 is 0 Å². The van der Waals surface area contributed by atoms with Crippen LogP contribution >= 0.6 is 11.8 Å². The summed E-state index contributed by atoms with van der Waals surface area (Å²) in [5.74, 6) is 1.94. The quantitative estimate of drug-likeness (QED) is 0.935. The minimum Gasteiger partial charge on any atom is -0.486 e. The number of nitrogens with one attached hydrogen (secondary N) is 1. The second-order valence-corrected chi connectivity index (χ2v) is 6.24. The SMILES string of the molecule is CCNC(c1cnccc1C)C1CSc2ccccc2O1. The summed E-state index contributed by atoms with van der Waals surface area (Å²) in [5, 5.41) is 3.56. The number of para-hydroxylation sites is 1. The Morgan fingerprint density at radius 1 is 1.38 bits per heavy atom. The van der Waals surface area contributed by atoms with Crippen LogP contribution < -0.4 is 10.1 Å². The van der Waals surface area contributed by atoms with Gasteiger partial charge in [0.1, 0.15) is 11.9 Å². The summed E-state index contributed by atoms with van der Waals surface area (Å²) in [6, 6.07) is 10.5. The number of pyridine rings is 1. The van der Waals surface area contributed by atoms with E-state index in [1.807, 2.05) is 36.3 Å². The van der Waals surface area contributed by atoms with E-state index in [2.05, 4.69) is 42.3 Å². The monoisotopic (exact) mass is 300 g/mol. The standard InChI is InChI=1S/C17H20N2OS/c1-3-19-17(13-10-18-9-8-12(13)2)15-11-21-16-7-5-4-6-14(16)20-15/h4-10,15,17,19H,3,11H2,1-2H3. The number of likely N-dealkylation sites (N-methyl/N-ethyl adjacent to an activating group) is 1. The van der Waals surface area contributed by atoms with Crippen molar-refractivity contribution >= 4 is 11.8 Å². The number of hydrogen-bond donors (Lipinski definition) is 1. The summed E-state index contributed by atoms with van der Waals surface area (Å²) < 4.78 is 6.24. The van der Waals surface area contributed by atoms with Gasteiger partial charge in [0.2, 0.25) is 0 Å². The molecule has 1 aromatic carbocycles. The normalized spacial score (nSPS) is 18.7. The molecule has 110 valence electrons. The number of ether oxygens (including phenoxy) is 1. The first kappa shape index (κ1) is 14.4. The highest BCUT2D eigenvalue weighted by atomic mass is 32.2. The summed E-state index contributed by atoms with van der Waals surface area (Å²) in [6.45, 7) is 5.17. The van der Waals surface area contributed by atoms with Gasteiger partial charge in [0.05, 0.1) is 6.04 Å². The fourth-order valence-corrected chi connectivity index (χ4v) is 3.70. The lowest BCUT2D eigenvalue weighted by Crippen LogP contribution is -2.39. The van der Waals surface area contributed by atoms with Crippen molar-refractivity contribution in [3.8, 4) is 5.75 Å². The number of fused-ring (bicyclic) bond motifs is 1. The summed E-state index contributed by atoms with van der Waals surface area (Å²) in [4.78, 5) is 5.51. The molecule has 3 nitrogen and oxygen atoms in total. The molecule has 21 heavy (non-hydrogen) atoms. The van der Waals surface area contributed by atoms with Gasteiger partial charge in [-0.25, -0.2) is 0 Å². The topological polar surface area (TPSA) is 34.2 Å². The minimum absolute atomic E-state index is 0.118. The smallest absolute Gasteiger partial charge is 0.133 e. The minimum atomic E-state index is 0.118. The van der Waals surface area contributed by atoms with Crippen LogP contribution in [0.15, 0.2) is 47.6 Å². The van der Waals surface area contributed by atoms with Crippen molar-refractivity contribution in [2.45, 2.75) is 30.9 Å². The van der Waals surface area contributed by atoms with Gasteiger partial charge in [0, 0.05) is 23.0 Å². The molecular formula is C17H20N2OS. The maximum absolute atomic E-state index is 6.24.